The molecule has 7 nitrogen and oxygen atoms in total. The summed E-state index contributed by atoms with van der Waals surface area (Å²) in [5.74, 6) is 0. The van der Waals surface area contributed by atoms with E-state index in [1.165, 1.54) is 0 Å². The molecular weight excluding hydrogens is 248 g/mol. The van der Waals surface area contributed by atoms with Gasteiger partial charge in [-0.05, 0) is 13.8 Å². The molecular formula is C12H24N4O3. The van der Waals surface area contributed by atoms with Gasteiger partial charge in [-0.25, -0.2) is 4.68 Å². The number of rotatable bonds is 10. The Bertz CT molecular complexity index is 349. The molecule has 1 heterocycles. The lowest BCUT2D eigenvalue weighted by molar-refractivity contribution is 0.0224. The van der Waals surface area contributed by atoms with E-state index in [4.69, 9.17) is 19.9 Å². The summed E-state index contributed by atoms with van der Waals surface area (Å²) in [5, 5.41) is 8.03. The molecule has 0 aliphatic heterocycles. The van der Waals surface area contributed by atoms with Gasteiger partial charge in [-0.1, -0.05) is 5.21 Å². The molecule has 1 aromatic heterocycles. The van der Waals surface area contributed by atoms with E-state index in [0.29, 0.717) is 39.6 Å². The van der Waals surface area contributed by atoms with Gasteiger partial charge in [0.1, 0.15) is 5.69 Å². The van der Waals surface area contributed by atoms with E-state index >= 15 is 0 Å². The molecule has 19 heavy (non-hydrogen) atoms. The number of nitrogens with zero attached hydrogens (tertiary/aromatic N) is 3. The van der Waals surface area contributed by atoms with E-state index < -0.39 is 5.54 Å². The molecule has 0 atom stereocenters. The number of hydrogen-bond acceptors (Lipinski definition) is 6. The van der Waals surface area contributed by atoms with Crippen LogP contribution in [0.5, 0.6) is 0 Å². The Balaban J connectivity index is 2.08. The van der Waals surface area contributed by atoms with Crippen LogP contribution in [0.4, 0.5) is 0 Å². The Kier molecular flexibility index (Phi) is 6.93. The first-order valence-corrected chi connectivity index (χ1v) is 6.38. The third-order valence-corrected chi connectivity index (χ3v) is 2.47. The first-order chi connectivity index (χ1) is 9.04. The van der Waals surface area contributed by atoms with Crippen molar-refractivity contribution in [1.29, 1.82) is 0 Å². The highest BCUT2D eigenvalue weighted by atomic mass is 16.5. The van der Waals surface area contributed by atoms with Gasteiger partial charge < -0.3 is 19.9 Å². The van der Waals surface area contributed by atoms with E-state index in [1.54, 1.807) is 11.8 Å². The largest absolute Gasteiger partial charge is 0.382 e. The Hall–Kier alpha value is -1.02. The number of aromatic nitrogens is 3. The van der Waals surface area contributed by atoms with Gasteiger partial charge in [-0.3, -0.25) is 0 Å². The van der Waals surface area contributed by atoms with Gasteiger partial charge in [0.05, 0.1) is 51.3 Å². The Morgan fingerprint density at radius 3 is 2.37 bits per heavy atom. The maximum Gasteiger partial charge on any atom is 0.102 e. The van der Waals surface area contributed by atoms with Crippen molar-refractivity contribution in [3.8, 4) is 0 Å². The van der Waals surface area contributed by atoms with Crippen LogP contribution in [0.3, 0.4) is 0 Å². The average molecular weight is 272 g/mol. The monoisotopic (exact) mass is 272 g/mol. The van der Waals surface area contributed by atoms with Crippen molar-refractivity contribution < 1.29 is 14.2 Å². The summed E-state index contributed by atoms with van der Waals surface area (Å²) in [4.78, 5) is 0. The summed E-state index contributed by atoms with van der Waals surface area (Å²) < 4.78 is 17.3. The van der Waals surface area contributed by atoms with Gasteiger partial charge in [0.15, 0.2) is 0 Å². The third-order valence-electron chi connectivity index (χ3n) is 2.47. The third kappa shape index (κ3) is 6.63. The van der Waals surface area contributed by atoms with Crippen LogP contribution in [-0.2, 0) is 26.3 Å². The molecule has 7 heteroatoms. The number of nitrogens with two attached hydrogens (primary N) is 1. The molecule has 1 rings (SSSR count). The normalized spacial score (nSPS) is 12.0. The molecule has 0 radical (unpaired) electrons. The number of ether oxygens (including phenoxy) is 3. The van der Waals surface area contributed by atoms with Crippen molar-refractivity contribution in [3.63, 3.8) is 0 Å². The average Bonchev–Trinajstić information content (AvgIpc) is 2.81. The zero-order chi connectivity index (χ0) is 14.1. The molecule has 0 aliphatic rings. The maximum atomic E-state index is 5.93. The topological polar surface area (TPSA) is 84.4 Å². The number of hydrogen-bond donors (Lipinski definition) is 1. The molecule has 0 aliphatic carbocycles. The van der Waals surface area contributed by atoms with Crippen LogP contribution in [0, 0.1) is 0 Å². The van der Waals surface area contributed by atoms with Crippen LogP contribution in [-0.4, -0.2) is 55.1 Å². The van der Waals surface area contributed by atoms with Gasteiger partial charge in [-0.2, -0.15) is 0 Å². The van der Waals surface area contributed by atoms with E-state index in [-0.39, 0.29) is 0 Å². The fourth-order valence-corrected chi connectivity index (χ4v) is 1.33. The second-order valence-corrected chi connectivity index (χ2v) is 4.81. The summed E-state index contributed by atoms with van der Waals surface area (Å²) in [6, 6.07) is 0. The van der Waals surface area contributed by atoms with Crippen molar-refractivity contribution >= 4 is 0 Å². The highest BCUT2D eigenvalue weighted by Gasteiger charge is 2.17. The van der Waals surface area contributed by atoms with Crippen LogP contribution in [0.2, 0.25) is 0 Å². The second-order valence-electron chi connectivity index (χ2n) is 4.81. The van der Waals surface area contributed by atoms with Crippen molar-refractivity contribution in [2.24, 2.45) is 5.73 Å². The van der Waals surface area contributed by atoms with Gasteiger partial charge in [0.25, 0.3) is 0 Å². The van der Waals surface area contributed by atoms with Gasteiger partial charge in [0, 0.05) is 7.11 Å². The van der Waals surface area contributed by atoms with E-state index in [2.05, 4.69) is 10.3 Å². The second kappa shape index (κ2) is 8.21. The van der Waals surface area contributed by atoms with Crippen LogP contribution in [0.15, 0.2) is 6.20 Å². The summed E-state index contributed by atoms with van der Waals surface area (Å²) in [7, 11) is 1.65. The molecule has 0 spiro atoms. The lowest BCUT2D eigenvalue weighted by Crippen LogP contribution is -2.29. The molecule has 0 saturated heterocycles. The summed E-state index contributed by atoms with van der Waals surface area (Å²) >= 11 is 0. The Morgan fingerprint density at radius 2 is 1.79 bits per heavy atom. The van der Waals surface area contributed by atoms with Gasteiger partial charge in [0.2, 0.25) is 0 Å². The first-order valence-electron chi connectivity index (χ1n) is 6.38. The van der Waals surface area contributed by atoms with E-state index in [0.717, 1.165) is 5.69 Å². The molecule has 1 aromatic rings. The molecule has 2 N–H and O–H groups in total. The molecule has 110 valence electrons. The Morgan fingerprint density at radius 1 is 1.16 bits per heavy atom. The van der Waals surface area contributed by atoms with Crippen LogP contribution in [0.25, 0.3) is 0 Å². The number of methoxy groups -OCH3 is 1. The highest BCUT2D eigenvalue weighted by Crippen LogP contribution is 2.12. The fourth-order valence-electron chi connectivity index (χ4n) is 1.33. The zero-order valence-corrected chi connectivity index (χ0v) is 12.0. The minimum atomic E-state index is -0.464. The van der Waals surface area contributed by atoms with Crippen molar-refractivity contribution in [3.05, 3.63) is 11.9 Å². The quantitative estimate of drug-likeness (QED) is 0.610. The molecule has 0 unspecified atom stereocenters. The first kappa shape index (κ1) is 16.0. The lowest BCUT2D eigenvalue weighted by atomic mass is 10.0. The predicted molar refractivity (Wildman–Crippen MR) is 70.7 cm³/mol. The van der Waals surface area contributed by atoms with Crippen LogP contribution < -0.4 is 5.73 Å². The standard InChI is InChI=1S/C12H24N4O3/c1-12(2,13)11-10-16(15-14-11)4-5-18-8-9-19-7-6-17-3/h10H,4-9,13H2,1-3H3. The predicted octanol–water partition coefficient (Wildman–Crippen LogP) is 0.152. The highest BCUT2D eigenvalue weighted by molar-refractivity contribution is 5.05. The molecule has 0 saturated carbocycles. The van der Waals surface area contributed by atoms with Crippen molar-refractivity contribution in [2.75, 3.05) is 40.1 Å². The van der Waals surface area contributed by atoms with E-state index in [9.17, 15) is 0 Å². The van der Waals surface area contributed by atoms with Crippen LogP contribution >= 0.6 is 0 Å². The molecule has 0 fully saturated rings. The fraction of sp³-hybridized carbons (Fsp3) is 0.833. The lowest BCUT2D eigenvalue weighted by Gasteiger charge is -2.13. The SMILES string of the molecule is COCCOCCOCCn1cc(C(C)(C)N)nn1. The van der Waals surface area contributed by atoms with E-state index in [1.807, 2.05) is 20.0 Å². The van der Waals surface area contributed by atoms with Gasteiger partial charge in [-0.15, -0.1) is 5.10 Å². The Labute approximate surface area is 114 Å². The molecule has 0 aromatic carbocycles. The summed E-state index contributed by atoms with van der Waals surface area (Å²) in [6.45, 7) is 7.36. The minimum Gasteiger partial charge on any atom is -0.382 e. The van der Waals surface area contributed by atoms with Crippen molar-refractivity contribution in [2.45, 2.75) is 25.9 Å². The van der Waals surface area contributed by atoms with Crippen molar-refractivity contribution in [1.82, 2.24) is 15.0 Å². The maximum absolute atomic E-state index is 5.93. The zero-order valence-electron chi connectivity index (χ0n) is 12.0. The van der Waals surface area contributed by atoms with Gasteiger partial charge >= 0.3 is 0 Å². The molecule has 0 amide bonds. The smallest absolute Gasteiger partial charge is 0.102 e. The molecule has 0 bridgehead atoms. The van der Waals surface area contributed by atoms with Crippen LogP contribution in [0.1, 0.15) is 19.5 Å². The minimum absolute atomic E-state index is 0.464. The summed E-state index contributed by atoms with van der Waals surface area (Å²) in [5.41, 5.74) is 6.24. The summed E-state index contributed by atoms with van der Waals surface area (Å²) in [6.07, 6.45) is 1.85.